The number of phenolic OH excluding ortho intramolecular Hbond substituents is 1. The van der Waals surface area contributed by atoms with Crippen LogP contribution in [0.1, 0.15) is 11.1 Å². The minimum absolute atomic E-state index is 0.170. The quantitative estimate of drug-likeness (QED) is 0.525. The highest BCUT2D eigenvalue weighted by atomic mass is 16.3. The van der Waals surface area contributed by atoms with E-state index in [1.165, 1.54) is 0 Å². The molecule has 2 heterocycles. The summed E-state index contributed by atoms with van der Waals surface area (Å²) in [4.78, 5) is 14.2. The maximum Gasteiger partial charge on any atom is 0.165 e. The number of aromatic hydroxyl groups is 1. The first-order valence-corrected chi connectivity index (χ1v) is 10.7. The Labute approximate surface area is 187 Å². The van der Waals surface area contributed by atoms with E-state index >= 15 is 0 Å². The smallest absolute Gasteiger partial charge is 0.165 e. The number of hydrogen-bond donors (Lipinski definition) is 1. The van der Waals surface area contributed by atoms with Crippen molar-refractivity contribution in [3.63, 3.8) is 0 Å². The number of benzene rings is 3. The van der Waals surface area contributed by atoms with Crippen molar-refractivity contribution < 1.29 is 5.11 Å². The van der Waals surface area contributed by atoms with Gasteiger partial charge in [0.15, 0.2) is 5.82 Å². The first-order chi connectivity index (χ1) is 15.6. The molecule has 5 rings (SSSR count). The number of rotatable bonds is 3. The Kier molecular flexibility index (Phi) is 5.08. The molecular weight excluding hydrogens is 398 g/mol. The van der Waals surface area contributed by atoms with Crippen molar-refractivity contribution in [1.29, 1.82) is 5.26 Å². The summed E-state index contributed by atoms with van der Waals surface area (Å²) in [6.07, 6.45) is 0. The van der Waals surface area contributed by atoms with Crippen LogP contribution in [0, 0.1) is 18.3 Å². The van der Waals surface area contributed by atoms with Crippen molar-refractivity contribution in [1.82, 2.24) is 9.97 Å². The van der Waals surface area contributed by atoms with Crippen molar-refractivity contribution >= 4 is 22.4 Å². The minimum Gasteiger partial charge on any atom is -0.507 e. The third kappa shape index (κ3) is 3.58. The summed E-state index contributed by atoms with van der Waals surface area (Å²) in [6, 6.07) is 23.4. The molecule has 1 fully saturated rings. The van der Waals surface area contributed by atoms with Crippen LogP contribution in [0.15, 0.2) is 66.7 Å². The van der Waals surface area contributed by atoms with Crippen molar-refractivity contribution in [2.45, 2.75) is 6.92 Å². The zero-order valence-corrected chi connectivity index (χ0v) is 17.9. The summed E-state index contributed by atoms with van der Waals surface area (Å²) in [6.45, 7) is 5.19. The molecule has 32 heavy (non-hydrogen) atoms. The summed E-state index contributed by atoms with van der Waals surface area (Å²) >= 11 is 0. The second kappa shape index (κ2) is 8.20. The van der Waals surface area contributed by atoms with Gasteiger partial charge < -0.3 is 14.9 Å². The van der Waals surface area contributed by atoms with Crippen molar-refractivity contribution in [2.24, 2.45) is 0 Å². The molecule has 158 valence electrons. The Morgan fingerprint density at radius 3 is 2.38 bits per heavy atom. The molecule has 3 aromatic carbocycles. The number of hydrogen-bond acceptors (Lipinski definition) is 6. The molecule has 1 aliphatic heterocycles. The third-order valence-corrected chi connectivity index (χ3v) is 5.92. The largest absolute Gasteiger partial charge is 0.507 e. The maximum absolute atomic E-state index is 10.4. The van der Waals surface area contributed by atoms with Gasteiger partial charge in [-0.3, -0.25) is 0 Å². The van der Waals surface area contributed by atoms with E-state index in [4.69, 9.17) is 9.97 Å². The Hall–Kier alpha value is -4.11. The van der Waals surface area contributed by atoms with Crippen LogP contribution >= 0.6 is 0 Å². The summed E-state index contributed by atoms with van der Waals surface area (Å²) in [5, 5.41) is 20.8. The van der Waals surface area contributed by atoms with Gasteiger partial charge in [-0.25, -0.2) is 9.97 Å². The summed E-state index contributed by atoms with van der Waals surface area (Å²) < 4.78 is 0. The van der Waals surface area contributed by atoms with Gasteiger partial charge in [0, 0.05) is 31.6 Å². The van der Waals surface area contributed by atoms with Gasteiger partial charge in [-0.05, 0) is 48.9 Å². The zero-order chi connectivity index (χ0) is 22.1. The lowest BCUT2D eigenvalue weighted by atomic mass is 10.1. The van der Waals surface area contributed by atoms with Gasteiger partial charge in [0.1, 0.15) is 17.6 Å². The SMILES string of the molecule is Cc1ccc2c(N3CCN(c4ccccc4C#N)CC3)nc(-c3ccccc3O)nc2c1. The van der Waals surface area contributed by atoms with E-state index in [-0.39, 0.29) is 5.75 Å². The number of nitrogens with zero attached hydrogens (tertiary/aromatic N) is 5. The molecule has 6 nitrogen and oxygen atoms in total. The standard InChI is InChI=1S/C26H23N5O/c1-18-10-11-20-22(16-18)28-25(21-7-3-5-9-24(21)32)29-26(20)31-14-12-30(13-15-31)23-8-4-2-6-19(23)17-27/h2-11,16,32H,12-15H2,1H3. The van der Waals surface area contributed by atoms with Crippen LogP contribution in [0.3, 0.4) is 0 Å². The fourth-order valence-corrected chi connectivity index (χ4v) is 4.25. The van der Waals surface area contributed by atoms with Gasteiger partial charge in [-0.2, -0.15) is 5.26 Å². The molecule has 0 atom stereocenters. The van der Waals surface area contributed by atoms with E-state index in [2.05, 4.69) is 34.1 Å². The van der Waals surface area contributed by atoms with E-state index in [1.54, 1.807) is 12.1 Å². The second-order valence-electron chi connectivity index (χ2n) is 8.01. The molecule has 0 unspecified atom stereocenters. The second-order valence-corrected chi connectivity index (χ2v) is 8.01. The zero-order valence-electron chi connectivity index (χ0n) is 17.9. The van der Waals surface area contributed by atoms with Crippen molar-refractivity contribution in [3.05, 3.63) is 77.9 Å². The van der Waals surface area contributed by atoms with Crippen molar-refractivity contribution in [3.8, 4) is 23.2 Å². The van der Waals surface area contributed by atoms with Crippen molar-refractivity contribution in [2.75, 3.05) is 36.0 Å². The molecule has 0 saturated carbocycles. The fraction of sp³-hybridized carbons (Fsp3) is 0.192. The van der Waals surface area contributed by atoms with Gasteiger partial charge >= 0.3 is 0 Å². The molecule has 1 N–H and O–H groups in total. The molecule has 0 bridgehead atoms. The Balaban J connectivity index is 1.52. The number of para-hydroxylation sites is 2. The lowest BCUT2D eigenvalue weighted by Gasteiger charge is -2.37. The highest BCUT2D eigenvalue weighted by Crippen LogP contribution is 2.32. The highest BCUT2D eigenvalue weighted by molar-refractivity contribution is 5.92. The fourth-order valence-electron chi connectivity index (χ4n) is 4.25. The van der Waals surface area contributed by atoms with Gasteiger partial charge in [-0.1, -0.05) is 30.3 Å². The first-order valence-electron chi connectivity index (χ1n) is 10.7. The van der Waals surface area contributed by atoms with Gasteiger partial charge in [-0.15, -0.1) is 0 Å². The van der Waals surface area contributed by atoms with Crippen LogP contribution in [-0.4, -0.2) is 41.3 Å². The normalized spacial score (nSPS) is 13.9. The molecular formula is C26H23N5O. The number of aromatic nitrogens is 2. The topological polar surface area (TPSA) is 76.3 Å². The average molecular weight is 422 g/mol. The number of fused-ring (bicyclic) bond motifs is 1. The molecule has 1 saturated heterocycles. The molecule has 4 aromatic rings. The minimum atomic E-state index is 0.170. The summed E-state index contributed by atoms with van der Waals surface area (Å²) in [5.74, 6) is 1.57. The predicted molar refractivity (Wildman–Crippen MR) is 127 cm³/mol. The molecule has 1 aliphatic rings. The van der Waals surface area contributed by atoms with E-state index in [0.29, 0.717) is 17.0 Å². The molecule has 0 radical (unpaired) electrons. The summed E-state index contributed by atoms with van der Waals surface area (Å²) in [7, 11) is 0. The number of anilines is 2. The van der Waals surface area contributed by atoms with Crippen LogP contribution < -0.4 is 9.80 Å². The Morgan fingerprint density at radius 2 is 1.59 bits per heavy atom. The first kappa shape index (κ1) is 19.8. The Bertz CT molecular complexity index is 1340. The number of piperazine rings is 1. The van der Waals surface area contributed by atoms with E-state index in [1.807, 2.05) is 43.3 Å². The van der Waals surface area contributed by atoms with Crippen LogP contribution in [0.4, 0.5) is 11.5 Å². The molecule has 0 aliphatic carbocycles. The molecule has 0 amide bonds. The monoisotopic (exact) mass is 421 g/mol. The van der Waals surface area contributed by atoms with E-state index in [9.17, 15) is 10.4 Å². The lowest BCUT2D eigenvalue weighted by Crippen LogP contribution is -2.47. The van der Waals surface area contributed by atoms with E-state index < -0.39 is 0 Å². The lowest BCUT2D eigenvalue weighted by molar-refractivity contribution is 0.477. The number of phenols is 1. The van der Waals surface area contributed by atoms with Crippen LogP contribution in [0.2, 0.25) is 0 Å². The van der Waals surface area contributed by atoms with Crippen LogP contribution in [-0.2, 0) is 0 Å². The number of aryl methyl sites for hydroxylation is 1. The molecule has 6 heteroatoms. The average Bonchev–Trinajstić information content (AvgIpc) is 2.83. The van der Waals surface area contributed by atoms with Gasteiger partial charge in [0.25, 0.3) is 0 Å². The third-order valence-electron chi connectivity index (χ3n) is 5.92. The maximum atomic E-state index is 10.4. The molecule has 0 spiro atoms. The predicted octanol–water partition coefficient (Wildman–Crippen LogP) is 4.51. The highest BCUT2D eigenvalue weighted by Gasteiger charge is 2.23. The van der Waals surface area contributed by atoms with Gasteiger partial charge in [0.05, 0.1) is 22.3 Å². The molecule has 1 aromatic heterocycles. The van der Waals surface area contributed by atoms with Crippen LogP contribution in [0.25, 0.3) is 22.3 Å². The van der Waals surface area contributed by atoms with E-state index in [0.717, 1.165) is 54.2 Å². The van der Waals surface area contributed by atoms with Gasteiger partial charge in [0.2, 0.25) is 0 Å². The number of nitriles is 1. The summed E-state index contributed by atoms with van der Waals surface area (Å²) in [5.41, 5.74) is 4.30. The van der Waals surface area contributed by atoms with Crippen LogP contribution in [0.5, 0.6) is 5.75 Å². The Morgan fingerprint density at radius 1 is 0.875 bits per heavy atom.